The Kier molecular flexibility index (Phi) is 3.57. The molecule has 0 amide bonds. The maximum atomic E-state index is 12.5. The topological polar surface area (TPSA) is 17.1 Å². The molecule has 98 valence electrons. The minimum absolute atomic E-state index is 0.0726. The second-order valence-corrected chi connectivity index (χ2v) is 5.50. The van der Waals surface area contributed by atoms with Gasteiger partial charge in [0.2, 0.25) is 0 Å². The van der Waals surface area contributed by atoms with E-state index in [4.69, 9.17) is 0 Å². The number of hydrogen-bond acceptors (Lipinski definition) is 2. The molecular formula is C18H14OS. The van der Waals surface area contributed by atoms with Crippen molar-refractivity contribution < 1.29 is 4.79 Å². The maximum Gasteiger partial charge on any atom is 0.193 e. The fourth-order valence-corrected chi connectivity index (χ4v) is 2.65. The Morgan fingerprint density at radius 2 is 1.45 bits per heavy atom. The van der Waals surface area contributed by atoms with Crippen LogP contribution in [0.25, 0.3) is 10.8 Å². The summed E-state index contributed by atoms with van der Waals surface area (Å²) in [6.07, 6.45) is 2.03. The molecule has 0 fully saturated rings. The third-order valence-electron chi connectivity index (χ3n) is 3.36. The third-order valence-corrected chi connectivity index (χ3v) is 4.11. The Hall–Kier alpha value is -2.06. The summed E-state index contributed by atoms with van der Waals surface area (Å²) < 4.78 is 0. The summed E-state index contributed by atoms with van der Waals surface area (Å²) in [5.74, 6) is 0.0726. The van der Waals surface area contributed by atoms with E-state index in [1.54, 1.807) is 11.8 Å². The molecule has 0 spiro atoms. The fourth-order valence-electron chi connectivity index (χ4n) is 2.24. The highest BCUT2D eigenvalue weighted by molar-refractivity contribution is 7.98. The lowest BCUT2D eigenvalue weighted by Crippen LogP contribution is -2.00. The Labute approximate surface area is 122 Å². The van der Waals surface area contributed by atoms with Crippen molar-refractivity contribution in [3.63, 3.8) is 0 Å². The second kappa shape index (κ2) is 5.51. The molecule has 0 heterocycles. The number of rotatable bonds is 3. The lowest BCUT2D eigenvalue weighted by Gasteiger charge is -2.04. The van der Waals surface area contributed by atoms with Gasteiger partial charge >= 0.3 is 0 Å². The first-order chi connectivity index (χ1) is 9.78. The minimum Gasteiger partial charge on any atom is -0.289 e. The van der Waals surface area contributed by atoms with Crippen LogP contribution in [0.1, 0.15) is 15.9 Å². The van der Waals surface area contributed by atoms with Gasteiger partial charge in [0.1, 0.15) is 0 Å². The first kappa shape index (κ1) is 12.9. The lowest BCUT2D eigenvalue weighted by molar-refractivity contribution is 0.103. The predicted molar refractivity (Wildman–Crippen MR) is 85.6 cm³/mol. The van der Waals surface area contributed by atoms with Crippen molar-refractivity contribution in [3.8, 4) is 0 Å². The van der Waals surface area contributed by atoms with Crippen LogP contribution >= 0.6 is 11.8 Å². The zero-order chi connectivity index (χ0) is 13.9. The molecule has 2 heteroatoms. The summed E-state index contributed by atoms with van der Waals surface area (Å²) in [5, 5.41) is 2.25. The van der Waals surface area contributed by atoms with E-state index in [1.165, 1.54) is 4.90 Å². The number of fused-ring (bicyclic) bond motifs is 1. The Bertz CT molecular complexity index is 760. The molecule has 3 aromatic carbocycles. The highest BCUT2D eigenvalue weighted by atomic mass is 32.2. The van der Waals surface area contributed by atoms with Crippen molar-refractivity contribution >= 4 is 28.3 Å². The van der Waals surface area contributed by atoms with Crippen LogP contribution in [0.3, 0.4) is 0 Å². The van der Waals surface area contributed by atoms with Crippen LogP contribution in [0.4, 0.5) is 0 Å². The van der Waals surface area contributed by atoms with Gasteiger partial charge in [-0.25, -0.2) is 0 Å². The van der Waals surface area contributed by atoms with E-state index in [1.807, 2.05) is 66.9 Å². The molecular weight excluding hydrogens is 264 g/mol. The summed E-state index contributed by atoms with van der Waals surface area (Å²) in [7, 11) is 0. The monoisotopic (exact) mass is 278 g/mol. The molecule has 0 radical (unpaired) electrons. The lowest BCUT2D eigenvalue weighted by atomic mass is 10.00. The normalized spacial score (nSPS) is 10.7. The molecule has 1 nitrogen and oxygen atoms in total. The van der Waals surface area contributed by atoms with Crippen molar-refractivity contribution in [1.82, 2.24) is 0 Å². The summed E-state index contributed by atoms with van der Waals surface area (Å²) in [4.78, 5) is 13.6. The Balaban J connectivity index is 1.98. The number of hydrogen-bond donors (Lipinski definition) is 0. The van der Waals surface area contributed by atoms with Crippen LogP contribution in [-0.2, 0) is 0 Å². The molecule has 0 N–H and O–H groups in total. The van der Waals surface area contributed by atoms with Gasteiger partial charge in [0.25, 0.3) is 0 Å². The van der Waals surface area contributed by atoms with Crippen LogP contribution in [0, 0.1) is 0 Å². The Morgan fingerprint density at radius 1 is 0.800 bits per heavy atom. The maximum absolute atomic E-state index is 12.5. The van der Waals surface area contributed by atoms with Crippen LogP contribution in [0.15, 0.2) is 71.6 Å². The molecule has 0 bridgehead atoms. The molecule has 0 aromatic heterocycles. The van der Waals surface area contributed by atoms with Gasteiger partial charge in [-0.1, -0.05) is 36.4 Å². The van der Waals surface area contributed by atoms with Crippen molar-refractivity contribution in [3.05, 3.63) is 77.9 Å². The van der Waals surface area contributed by atoms with Gasteiger partial charge in [0.05, 0.1) is 0 Å². The molecule has 0 saturated carbocycles. The molecule has 3 aromatic rings. The van der Waals surface area contributed by atoms with Gasteiger partial charge < -0.3 is 0 Å². The number of carbonyl (C=O) groups is 1. The molecule has 0 aliphatic carbocycles. The summed E-state index contributed by atoms with van der Waals surface area (Å²) in [5.41, 5.74) is 1.47. The highest BCUT2D eigenvalue weighted by Crippen LogP contribution is 2.20. The quantitative estimate of drug-likeness (QED) is 0.506. The molecule has 0 aliphatic heterocycles. The van der Waals surface area contributed by atoms with Crippen molar-refractivity contribution in [1.29, 1.82) is 0 Å². The number of carbonyl (C=O) groups excluding carboxylic acids is 1. The largest absolute Gasteiger partial charge is 0.289 e. The first-order valence-electron chi connectivity index (χ1n) is 6.45. The smallest absolute Gasteiger partial charge is 0.193 e. The van der Waals surface area contributed by atoms with Crippen LogP contribution < -0.4 is 0 Å². The van der Waals surface area contributed by atoms with E-state index >= 15 is 0 Å². The van der Waals surface area contributed by atoms with Crippen LogP contribution in [0.5, 0.6) is 0 Å². The minimum atomic E-state index is 0.0726. The third kappa shape index (κ3) is 2.47. The van der Waals surface area contributed by atoms with E-state index in [2.05, 4.69) is 6.07 Å². The molecule has 0 atom stereocenters. The standard InChI is InChI=1S/C18H14OS/c1-20-17-10-8-14(9-11-17)18(19)16-7-6-13-4-2-3-5-15(13)12-16/h2-12H,1H3. The molecule has 20 heavy (non-hydrogen) atoms. The Morgan fingerprint density at radius 3 is 2.15 bits per heavy atom. The average Bonchev–Trinajstić information content (AvgIpc) is 2.54. The fraction of sp³-hybridized carbons (Fsp3) is 0.0556. The summed E-state index contributed by atoms with van der Waals surface area (Å²) in [6.45, 7) is 0. The van der Waals surface area contributed by atoms with E-state index in [9.17, 15) is 4.79 Å². The second-order valence-electron chi connectivity index (χ2n) is 4.62. The van der Waals surface area contributed by atoms with E-state index < -0.39 is 0 Å². The number of thioether (sulfide) groups is 1. The molecule has 3 rings (SSSR count). The van der Waals surface area contributed by atoms with Gasteiger partial charge in [-0.3, -0.25) is 4.79 Å². The van der Waals surface area contributed by atoms with Crippen LogP contribution in [-0.4, -0.2) is 12.0 Å². The molecule has 0 saturated heterocycles. The predicted octanol–water partition coefficient (Wildman–Crippen LogP) is 4.79. The van der Waals surface area contributed by atoms with Crippen molar-refractivity contribution in [2.24, 2.45) is 0 Å². The van der Waals surface area contributed by atoms with Crippen LogP contribution in [0.2, 0.25) is 0 Å². The highest BCUT2D eigenvalue weighted by Gasteiger charge is 2.09. The van der Waals surface area contributed by atoms with Gasteiger partial charge in [-0.05, 0) is 47.4 Å². The molecule has 0 aliphatic rings. The van der Waals surface area contributed by atoms with Gasteiger partial charge in [0, 0.05) is 16.0 Å². The van der Waals surface area contributed by atoms with Crippen molar-refractivity contribution in [2.45, 2.75) is 4.90 Å². The van der Waals surface area contributed by atoms with E-state index in [-0.39, 0.29) is 5.78 Å². The molecule has 0 unspecified atom stereocenters. The zero-order valence-electron chi connectivity index (χ0n) is 11.2. The van der Waals surface area contributed by atoms with Gasteiger partial charge in [-0.2, -0.15) is 0 Å². The van der Waals surface area contributed by atoms with Crippen molar-refractivity contribution in [2.75, 3.05) is 6.26 Å². The number of ketones is 1. The van der Waals surface area contributed by atoms with E-state index in [0.717, 1.165) is 21.9 Å². The van der Waals surface area contributed by atoms with Gasteiger partial charge in [-0.15, -0.1) is 11.8 Å². The SMILES string of the molecule is CSc1ccc(C(=O)c2ccc3ccccc3c2)cc1. The number of benzene rings is 3. The summed E-state index contributed by atoms with van der Waals surface area (Å²) in [6, 6.07) is 21.7. The van der Waals surface area contributed by atoms with Gasteiger partial charge in [0.15, 0.2) is 5.78 Å². The first-order valence-corrected chi connectivity index (χ1v) is 7.68. The zero-order valence-corrected chi connectivity index (χ0v) is 12.0. The van der Waals surface area contributed by atoms with E-state index in [0.29, 0.717) is 0 Å². The summed E-state index contributed by atoms with van der Waals surface area (Å²) >= 11 is 1.68. The average molecular weight is 278 g/mol.